The van der Waals surface area contributed by atoms with Gasteiger partial charge in [0.05, 0.1) is 38.8 Å². The number of hydrogen-bond acceptors (Lipinski definition) is 5. The molecule has 0 bridgehead atoms. The molecule has 2 aliphatic rings. The molecule has 2 N–H and O–H groups in total. The molecule has 7 nitrogen and oxygen atoms in total. The highest BCUT2D eigenvalue weighted by Crippen LogP contribution is 2.42. The quantitative estimate of drug-likeness (QED) is 0.153. The summed E-state index contributed by atoms with van der Waals surface area (Å²) in [6.45, 7) is 1.99. The van der Waals surface area contributed by atoms with Crippen molar-refractivity contribution in [3.63, 3.8) is 0 Å². The predicted molar refractivity (Wildman–Crippen MR) is 294 cm³/mol. The molecule has 6 aromatic heterocycles. The van der Waals surface area contributed by atoms with Crippen molar-refractivity contribution < 1.29 is 4.42 Å². The number of hydrogen-bond donors (Lipinski definition) is 1. The fourth-order valence-electron chi connectivity index (χ4n) is 10.6. The van der Waals surface area contributed by atoms with Gasteiger partial charge in [0.25, 0.3) is 0 Å². The molecule has 0 amide bonds. The maximum Gasteiger partial charge on any atom is 0.142 e. The van der Waals surface area contributed by atoms with E-state index in [4.69, 9.17) is 25.1 Å². The first kappa shape index (κ1) is 41.8. The third kappa shape index (κ3) is 7.09. The Labute approximate surface area is 410 Å². The summed E-state index contributed by atoms with van der Waals surface area (Å²) in [5, 5.41) is 3.24. The Hall–Kier alpha value is -9.33. The SMILES string of the molecule is C/C=C\C=C(/N)c1ccccc1-c1ccc2c(c1)c1ncccc1n2C1=Cc2c(oc3c(-c4cccc(-n5c6ccc(C7=CCC=CC=C7c7ccccn7)cc6c6ncccc65)c4)cccc23)CC=C1. The van der Waals surface area contributed by atoms with Gasteiger partial charge in [-0.1, -0.05) is 115 Å². The van der Waals surface area contributed by atoms with Crippen LogP contribution in [0.5, 0.6) is 0 Å². The highest BCUT2D eigenvalue weighted by molar-refractivity contribution is 6.13. The van der Waals surface area contributed by atoms with Gasteiger partial charge in [0, 0.05) is 80.5 Å². The number of pyridine rings is 3. The maximum absolute atomic E-state index is 6.94. The molecular formula is C64H46N6O. The lowest BCUT2D eigenvalue weighted by Crippen LogP contribution is -1.98. The lowest BCUT2D eigenvalue weighted by Gasteiger charge is -2.13. The van der Waals surface area contributed by atoms with E-state index in [1.54, 1.807) is 0 Å². The lowest BCUT2D eigenvalue weighted by molar-refractivity contribution is 0.565. The third-order valence-corrected chi connectivity index (χ3v) is 13.8. The van der Waals surface area contributed by atoms with E-state index in [0.717, 1.165) is 140 Å². The smallest absolute Gasteiger partial charge is 0.142 e. The fourth-order valence-corrected chi connectivity index (χ4v) is 10.6. The van der Waals surface area contributed by atoms with Crippen LogP contribution in [0.15, 0.2) is 223 Å². The second-order valence-electron chi connectivity index (χ2n) is 18.0. The summed E-state index contributed by atoms with van der Waals surface area (Å²) in [7, 11) is 0. The summed E-state index contributed by atoms with van der Waals surface area (Å²) in [6, 6.07) is 51.4. The number of nitrogens with zero attached hydrogens (tertiary/aromatic N) is 5. The van der Waals surface area contributed by atoms with Crippen LogP contribution in [0.1, 0.15) is 41.5 Å². The fraction of sp³-hybridized carbons (Fsp3) is 0.0469. The Morgan fingerprint density at radius 1 is 0.620 bits per heavy atom. The average molecular weight is 915 g/mol. The Balaban J connectivity index is 0.899. The van der Waals surface area contributed by atoms with Crippen molar-refractivity contribution in [3.05, 3.63) is 247 Å². The molecule has 0 fully saturated rings. The van der Waals surface area contributed by atoms with E-state index in [0.29, 0.717) is 6.42 Å². The van der Waals surface area contributed by atoms with Gasteiger partial charge in [-0.05, 0) is 132 Å². The number of furan rings is 1. The predicted octanol–water partition coefficient (Wildman–Crippen LogP) is 15.6. The minimum Gasteiger partial charge on any atom is -0.459 e. The zero-order valence-corrected chi connectivity index (χ0v) is 39.0. The first-order valence-corrected chi connectivity index (χ1v) is 24.1. The van der Waals surface area contributed by atoms with Crippen LogP contribution in [0.3, 0.4) is 0 Å². The number of fused-ring (bicyclic) bond motifs is 9. The molecule has 2 aliphatic carbocycles. The second-order valence-corrected chi connectivity index (χ2v) is 18.0. The van der Waals surface area contributed by atoms with Gasteiger partial charge in [0.1, 0.15) is 11.3 Å². The summed E-state index contributed by atoms with van der Waals surface area (Å²) in [4.78, 5) is 14.7. The number of aromatic nitrogens is 5. The van der Waals surface area contributed by atoms with Crippen LogP contribution in [0.2, 0.25) is 0 Å². The first-order chi connectivity index (χ1) is 35.1. The van der Waals surface area contributed by atoms with Crippen molar-refractivity contribution in [2.24, 2.45) is 5.73 Å². The van der Waals surface area contributed by atoms with E-state index in [1.165, 1.54) is 0 Å². The van der Waals surface area contributed by atoms with Gasteiger partial charge in [-0.25, -0.2) is 0 Å². The molecule has 0 radical (unpaired) electrons. The monoisotopic (exact) mass is 914 g/mol. The van der Waals surface area contributed by atoms with Crippen molar-refractivity contribution in [2.45, 2.75) is 19.8 Å². The second kappa shape index (κ2) is 17.3. The van der Waals surface area contributed by atoms with Crippen LogP contribution < -0.4 is 5.73 Å². The van der Waals surface area contributed by atoms with Gasteiger partial charge in [-0.3, -0.25) is 15.0 Å². The minimum absolute atomic E-state index is 0.658. The summed E-state index contributed by atoms with van der Waals surface area (Å²) in [5.74, 6) is 0.932. The van der Waals surface area contributed by atoms with Crippen molar-refractivity contribution in [1.29, 1.82) is 0 Å². The lowest BCUT2D eigenvalue weighted by atomic mass is 9.93. The molecular weight excluding hydrogens is 869 g/mol. The Morgan fingerprint density at radius 2 is 1.35 bits per heavy atom. The minimum atomic E-state index is 0.658. The molecule has 7 heteroatoms. The molecule has 71 heavy (non-hydrogen) atoms. The number of rotatable bonds is 8. The van der Waals surface area contributed by atoms with Crippen LogP contribution in [-0.2, 0) is 6.42 Å². The molecule has 0 saturated heterocycles. The molecule has 0 aliphatic heterocycles. The van der Waals surface area contributed by atoms with Crippen molar-refractivity contribution in [3.8, 4) is 27.9 Å². The summed E-state index contributed by atoms with van der Waals surface area (Å²) >= 11 is 0. The number of nitrogens with two attached hydrogens (primary N) is 1. The van der Waals surface area contributed by atoms with Crippen LogP contribution in [0.25, 0.3) is 111 Å². The average Bonchev–Trinajstić information content (AvgIpc) is 3.90. The molecule has 0 spiro atoms. The molecule has 0 saturated carbocycles. The highest BCUT2D eigenvalue weighted by atomic mass is 16.3. The Kier molecular flexibility index (Phi) is 10.2. The van der Waals surface area contributed by atoms with Crippen molar-refractivity contribution in [1.82, 2.24) is 24.1 Å². The van der Waals surface area contributed by atoms with E-state index in [1.807, 2.05) is 74.1 Å². The van der Waals surface area contributed by atoms with Gasteiger partial charge in [-0.15, -0.1) is 0 Å². The number of allylic oxidation sites excluding steroid dienone is 12. The standard InChI is InChI=1S/C64H46N6O/c1-2-3-25-55(65)49-21-8-7-20-46(49)42-30-32-58-53(38-42)63-60(28-15-36-68-63)70(58)45-18-12-29-61-52(40-45)51-24-13-23-48(64(51)71-61)41-16-11-17-44(37-41)69-57-33-31-43(39-54(57)62-59(69)27-14-35-67-62)47-19-5-4-6-22-50(47)56-26-9-10-34-66-56/h2-4,6-28,30-40H,5,29,65H2,1H3/b3-2-,55-25-. The summed E-state index contributed by atoms with van der Waals surface area (Å²) in [6.07, 6.45) is 28.5. The number of para-hydroxylation sites is 1. The van der Waals surface area contributed by atoms with Crippen molar-refractivity contribution >= 4 is 83.5 Å². The molecule has 11 aromatic rings. The normalized spacial score (nSPS) is 14.1. The zero-order valence-electron chi connectivity index (χ0n) is 39.0. The van der Waals surface area contributed by atoms with Gasteiger partial charge >= 0.3 is 0 Å². The highest BCUT2D eigenvalue weighted by Gasteiger charge is 2.23. The first-order valence-electron chi connectivity index (χ1n) is 24.1. The molecule has 0 unspecified atom stereocenters. The van der Waals surface area contributed by atoms with Crippen LogP contribution in [0, 0.1) is 0 Å². The molecule has 338 valence electrons. The van der Waals surface area contributed by atoms with Crippen molar-refractivity contribution in [2.75, 3.05) is 0 Å². The van der Waals surface area contributed by atoms with Crippen LogP contribution in [0.4, 0.5) is 0 Å². The molecule has 13 rings (SSSR count). The van der Waals surface area contributed by atoms with E-state index in [2.05, 4.69) is 167 Å². The van der Waals surface area contributed by atoms with Gasteiger partial charge < -0.3 is 19.3 Å². The third-order valence-electron chi connectivity index (χ3n) is 13.8. The Morgan fingerprint density at radius 3 is 2.18 bits per heavy atom. The summed E-state index contributed by atoms with van der Waals surface area (Å²) < 4.78 is 11.6. The van der Waals surface area contributed by atoms with E-state index < -0.39 is 0 Å². The zero-order chi connectivity index (χ0) is 47.4. The van der Waals surface area contributed by atoms with E-state index >= 15 is 0 Å². The Bertz CT molecular complexity index is 4180. The van der Waals surface area contributed by atoms with E-state index in [9.17, 15) is 0 Å². The topological polar surface area (TPSA) is 87.7 Å². The van der Waals surface area contributed by atoms with Gasteiger partial charge in [0.2, 0.25) is 0 Å². The van der Waals surface area contributed by atoms with Crippen LogP contribution in [-0.4, -0.2) is 24.1 Å². The maximum atomic E-state index is 6.94. The van der Waals surface area contributed by atoms with Gasteiger partial charge in [0.15, 0.2) is 0 Å². The van der Waals surface area contributed by atoms with E-state index in [-0.39, 0.29) is 0 Å². The largest absolute Gasteiger partial charge is 0.459 e. The summed E-state index contributed by atoms with van der Waals surface area (Å²) in [5.41, 5.74) is 27.1. The number of benzene rings is 5. The molecule has 0 atom stereocenters. The van der Waals surface area contributed by atoms with Crippen LogP contribution >= 0.6 is 0 Å². The van der Waals surface area contributed by atoms with Gasteiger partial charge in [-0.2, -0.15) is 0 Å². The molecule has 5 aromatic carbocycles. The molecule has 6 heterocycles.